The van der Waals surface area contributed by atoms with E-state index in [0.717, 1.165) is 43.5 Å². The second-order valence-corrected chi connectivity index (χ2v) is 6.68. The molecule has 1 saturated heterocycles. The third-order valence-corrected chi connectivity index (χ3v) is 4.98. The maximum absolute atomic E-state index is 12.5. The molecule has 0 unspecified atom stereocenters. The standard InChI is InChI=1S/C17H21N3O3S/c1-12-16(17(21)19-13-4-3-5-14(10-13)22-2)24-15(18-12)11-20-6-8-23-9-7-20/h3-5,10H,6-9,11H2,1-2H3,(H,19,21). The van der Waals surface area contributed by atoms with Crippen LogP contribution in [0.5, 0.6) is 5.75 Å². The van der Waals surface area contributed by atoms with Gasteiger partial charge in [-0.25, -0.2) is 4.98 Å². The monoisotopic (exact) mass is 347 g/mol. The number of anilines is 1. The quantitative estimate of drug-likeness (QED) is 0.900. The lowest BCUT2D eigenvalue weighted by atomic mass is 10.3. The molecule has 6 nitrogen and oxygen atoms in total. The van der Waals surface area contributed by atoms with Gasteiger partial charge >= 0.3 is 0 Å². The number of nitrogens with one attached hydrogen (secondary N) is 1. The molecule has 0 aliphatic carbocycles. The fourth-order valence-electron chi connectivity index (χ4n) is 2.57. The first-order valence-electron chi connectivity index (χ1n) is 7.87. The molecule has 1 amide bonds. The number of benzene rings is 1. The Hall–Kier alpha value is -1.96. The summed E-state index contributed by atoms with van der Waals surface area (Å²) in [7, 11) is 1.60. The molecule has 1 aromatic carbocycles. The van der Waals surface area contributed by atoms with E-state index in [1.54, 1.807) is 13.2 Å². The zero-order chi connectivity index (χ0) is 16.9. The van der Waals surface area contributed by atoms with E-state index in [9.17, 15) is 4.79 Å². The predicted octanol–water partition coefficient (Wildman–Crippen LogP) is 2.54. The van der Waals surface area contributed by atoms with E-state index in [1.807, 2.05) is 25.1 Å². The molecule has 2 heterocycles. The van der Waals surface area contributed by atoms with Gasteiger partial charge in [0.2, 0.25) is 0 Å². The van der Waals surface area contributed by atoms with Crippen molar-refractivity contribution in [2.75, 3.05) is 38.7 Å². The Labute approximate surface area is 145 Å². The van der Waals surface area contributed by atoms with Crippen molar-refractivity contribution in [1.82, 2.24) is 9.88 Å². The number of carbonyl (C=O) groups excluding carboxylic acids is 1. The molecule has 1 fully saturated rings. The van der Waals surface area contributed by atoms with E-state index >= 15 is 0 Å². The van der Waals surface area contributed by atoms with Crippen LogP contribution < -0.4 is 10.1 Å². The van der Waals surface area contributed by atoms with Crippen molar-refractivity contribution in [2.24, 2.45) is 0 Å². The summed E-state index contributed by atoms with van der Waals surface area (Å²) in [5.74, 6) is 0.577. The molecule has 1 aromatic heterocycles. The molecule has 7 heteroatoms. The molecule has 1 N–H and O–H groups in total. The molecule has 0 atom stereocenters. The van der Waals surface area contributed by atoms with Crippen LogP contribution in [0.15, 0.2) is 24.3 Å². The molecule has 0 radical (unpaired) electrons. The predicted molar refractivity (Wildman–Crippen MR) is 93.9 cm³/mol. The fourth-order valence-corrected chi connectivity index (χ4v) is 3.57. The van der Waals surface area contributed by atoms with Crippen LogP contribution in [0.4, 0.5) is 5.69 Å². The van der Waals surface area contributed by atoms with E-state index in [-0.39, 0.29) is 5.91 Å². The molecule has 2 aromatic rings. The molecule has 1 aliphatic heterocycles. The van der Waals surface area contributed by atoms with Gasteiger partial charge in [-0.05, 0) is 19.1 Å². The van der Waals surface area contributed by atoms with Crippen molar-refractivity contribution in [2.45, 2.75) is 13.5 Å². The Morgan fingerprint density at radius 3 is 2.96 bits per heavy atom. The zero-order valence-corrected chi connectivity index (χ0v) is 14.7. The highest BCUT2D eigenvalue weighted by Crippen LogP contribution is 2.23. The van der Waals surface area contributed by atoms with Gasteiger partial charge in [0, 0.05) is 24.8 Å². The highest BCUT2D eigenvalue weighted by atomic mass is 32.1. The number of aryl methyl sites for hydroxylation is 1. The third-order valence-electron chi connectivity index (χ3n) is 3.84. The van der Waals surface area contributed by atoms with Crippen molar-refractivity contribution in [1.29, 1.82) is 0 Å². The van der Waals surface area contributed by atoms with Crippen LogP contribution >= 0.6 is 11.3 Å². The summed E-state index contributed by atoms with van der Waals surface area (Å²) in [4.78, 5) is 20.0. The molecule has 128 valence electrons. The summed E-state index contributed by atoms with van der Waals surface area (Å²) < 4.78 is 10.5. The molecule has 0 saturated carbocycles. The molecule has 24 heavy (non-hydrogen) atoms. The normalized spacial score (nSPS) is 15.2. The van der Waals surface area contributed by atoms with E-state index in [1.165, 1.54) is 11.3 Å². The number of thiazole rings is 1. The summed E-state index contributed by atoms with van der Waals surface area (Å²) in [5, 5.41) is 3.87. The Kier molecular flexibility index (Phi) is 5.44. The molecule has 0 bridgehead atoms. The van der Waals surface area contributed by atoms with Crippen molar-refractivity contribution in [3.63, 3.8) is 0 Å². The lowest BCUT2D eigenvalue weighted by Crippen LogP contribution is -2.35. The number of methoxy groups -OCH3 is 1. The largest absolute Gasteiger partial charge is 0.497 e. The van der Waals surface area contributed by atoms with E-state index in [0.29, 0.717) is 16.3 Å². The van der Waals surface area contributed by atoms with Crippen LogP contribution in [0.2, 0.25) is 0 Å². The number of aromatic nitrogens is 1. The number of amides is 1. The highest BCUT2D eigenvalue weighted by molar-refractivity contribution is 7.13. The minimum atomic E-state index is -0.133. The van der Waals surface area contributed by atoms with Crippen molar-refractivity contribution >= 4 is 22.9 Å². The van der Waals surface area contributed by atoms with Gasteiger partial charge in [-0.1, -0.05) is 6.07 Å². The van der Waals surface area contributed by atoms with Crippen LogP contribution in [0.3, 0.4) is 0 Å². The first kappa shape index (κ1) is 16.9. The summed E-state index contributed by atoms with van der Waals surface area (Å²) >= 11 is 1.45. The molecular weight excluding hydrogens is 326 g/mol. The van der Waals surface area contributed by atoms with Crippen molar-refractivity contribution in [3.05, 3.63) is 39.8 Å². The summed E-state index contributed by atoms with van der Waals surface area (Å²) in [6.45, 7) is 5.97. The van der Waals surface area contributed by atoms with Gasteiger partial charge in [0.1, 0.15) is 15.6 Å². The van der Waals surface area contributed by atoms with Crippen LogP contribution in [0, 0.1) is 6.92 Å². The average molecular weight is 347 g/mol. The van der Waals surface area contributed by atoms with Gasteiger partial charge in [0.25, 0.3) is 5.91 Å². The third kappa shape index (κ3) is 4.11. The molecule has 1 aliphatic rings. The first-order chi connectivity index (χ1) is 11.7. The maximum Gasteiger partial charge on any atom is 0.267 e. The average Bonchev–Trinajstić information content (AvgIpc) is 2.96. The lowest BCUT2D eigenvalue weighted by Gasteiger charge is -2.25. The van der Waals surface area contributed by atoms with Crippen molar-refractivity contribution < 1.29 is 14.3 Å². The molecule has 0 spiro atoms. The fraction of sp³-hybridized carbons (Fsp3) is 0.412. The second-order valence-electron chi connectivity index (χ2n) is 5.60. The molecule has 3 rings (SSSR count). The zero-order valence-electron chi connectivity index (χ0n) is 13.9. The summed E-state index contributed by atoms with van der Waals surface area (Å²) in [6.07, 6.45) is 0. The number of hydrogen-bond acceptors (Lipinski definition) is 6. The Balaban J connectivity index is 1.68. The summed E-state index contributed by atoms with van der Waals surface area (Å²) in [6, 6.07) is 7.32. The Morgan fingerprint density at radius 2 is 2.21 bits per heavy atom. The number of carbonyl (C=O) groups is 1. The van der Waals surface area contributed by atoms with Crippen LogP contribution in [0.1, 0.15) is 20.4 Å². The van der Waals surface area contributed by atoms with Gasteiger partial charge in [0.05, 0.1) is 32.6 Å². The van der Waals surface area contributed by atoms with Gasteiger partial charge < -0.3 is 14.8 Å². The number of rotatable bonds is 5. The van der Waals surface area contributed by atoms with Crippen LogP contribution in [-0.2, 0) is 11.3 Å². The van der Waals surface area contributed by atoms with E-state index in [2.05, 4.69) is 15.2 Å². The number of morpholine rings is 1. The highest BCUT2D eigenvalue weighted by Gasteiger charge is 2.18. The van der Waals surface area contributed by atoms with E-state index in [4.69, 9.17) is 9.47 Å². The Bertz CT molecular complexity index is 711. The topological polar surface area (TPSA) is 63.7 Å². The second kappa shape index (κ2) is 7.74. The first-order valence-corrected chi connectivity index (χ1v) is 8.69. The summed E-state index contributed by atoms with van der Waals surface area (Å²) in [5.41, 5.74) is 1.48. The van der Waals surface area contributed by atoms with Gasteiger partial charge in [-0.2, -0.15) is 0 Å². The SMILES string of the molecule is COc1cccc(NC(=O)c2sc(CN3CCOCC3)nc2C)c1. The van der Waals surface area contributed by atoms with Crippen LogP contribution in [0.25, 0.3) is 0 Å². The van der Waals surface area contributed by atoms with Gasteiger partial charge in [-0.3, -0.25) is 9.69 Å². The van der Waals surface area contributed by atoms with Gasteiger partial charge in [-0.15, -0.1) is 11.3 Å². The molecular formula is C17H21N3O3S. The van der Waals surface area contributed by atoms with Gasteiger partial charge in [0.15, 0.2) is 0 Å². The maximum atomic E-state index is 12.5. The minimum absolute atomic E-state index is 0.133. The number of hydrogen-bond donors (Lipinski definition) is 1. The smallest absolute Gasteiger partial charge is 0.267 e. The number of ether oxygens (including phenoxy) is 2. The van der Waals surface area contributed by atoms with E-state index < -0.39 is 0 Å². The van der Waals surface area contributed by atoms with Crippen molar-refractivity contribution in [3.8, 4) is 5.75 Å². The number of nitrogens with zero attached hydrogens (tertiary/aromatic N) is 2. The van der Waals surface area contributed by atoms with Crippen LogP contribution in [-0.4, -0.2) is 49.2 Å². The Morgan fingerprint density at radius 1 is 1.42 bits per heavy atom. The minimum Gasteiger partial charge on any atom is -0.497 e. The lowest BCUT2D eigenvalue weighted by molar-refractivity contribution is 0.0341.